The maximum atomic E-state index is 12.0. The Kier molecular flexibility index (Phi) is 12.9. The normalized spacial score (nSPS) is 25.9. The molecule has 2 aliphatic rings. The number of halogens is 1. The highest BCUT2D eigenvalue weighted by molar-refractivity contribution is 5.88. The predicted molar refractivity (Wildman–Crippen MR) is 131 cm³/mol. The molecule has 6 heteroatoms. The van der Waals surface area contributed by atoms with Gasteiger partial charge in [-0.25, -0.2) is 9.59 Å². The molecule has 0 spiro atoms. The third-order valence-electron chi connectivity index (χ3n) is 7.98. The molecule has 5 nitrogen and oxygen atoms in total. The summed E-state index contributed by atoms with van der Waals surface area (Å²) in [7, 11) is 0. The molecular formula is C28H45FO5. The molecule has 0 aromatic rings. The van der Waals surface area contributed by atoms with Crippen LogP contribution in [0.1, 0.15) is 90.9 Å². The van der Waals surface area contributed by atoms with Gasteiger partial charge in [-0.3, -0.25) is 0 Å². The Hall–Kier alpha value is -1.69. The second kappa shape index (κ2) is 15.3. The van der Waals surface area contributed by atoms with Crippen LogP contribution in [0, 0.1) is 29.6 Å². The van der Waals surface area contributed by atoms with Crippen LogP contribution in [0.15, 0.2) is 24.3 Å². The van der Waals surface area contributed by atoms with Crippen LogP contribution in [0.25, 0.3) is 0 Å². The van der Waals surface area contributed by atoms with Crippen LogP contribution in [-0.2, 0) is 24.0 Å². The van der Waals surface area contributed by atoms with Gasteiger partial charge >= 0.3 is 11.9 Å². The summed E-state index contributed by atoms with van der Waals surface area (Å²) < 4.78 is 22.8. The molecular weight excluding hydrogens is 435 g/mol. The number of carbonyl (C=O) groups is 2. The first-order valence-electron chi connectivity index (χ1n) is 13.3. The minimum absolute atomic E-state index is 0.0748. The van der Waals surface area contributed by atoms with Gasteiger partial charge < -0.3 is 9.47 Å². The molecule has 34 heavy (non-hydrogen) atoms. The maximum Gasteiger partial charge on any atom is 0.335 e. The third kappa shape index (κ3) is 9.52. The summed E-state index contributed by atoms with van der Waals surface area (Å²) in [5.41, 5.74) is 0.271. The summed E-state index contributed by atoms with van der Waals surface area (Å²) in [6, 6.07) is 0. The van der Waals surface area contributed by atoms with E-state index in [4.69, 9.17) is 9.47 Å². The Morgan fingerprint density at radius 2 is 1.44 bits per heavy atom. The van der Waals surface area contributed by atoms with E-state index in [1.165, 1.54) is 64.2 Å². The van der Waals surface area contributed by atoms with E-state index in [0.717, 1.165) is 30.6 Å². The van der Waals surface area contributed by atoms with Crippen LogP contribution in [-0.4, -0.2) is 31.8 Å². The van der Waals surface area contributed by atoms with Gasteiger partial charge in [0.05, 0.1) is 18.8 Å². The van der Waals surface area contributed by atoms with Crippen molar-refractivity contribution in [3.8, 4) is 0 Å². The fourth-order valence-electron chi connectivity index (χ4n) is 5.75. The summed E-state index contributed by atoms with van der Waals surface area (Å²) in [4.78, 5) is 27.4. The van der Waals surface area contributed by atoms with Crippen LogP contribution in [0.2, 0.25) is 0 Å². The molecule has 1 atom stereocenters. The zero-order valence-electron chi connectivity index (χ0n) is 21.3. The van der Waals surface area contributed by atoms with Gasteiger partial charge in [-0.05, 0) is 73.6 Å². The van der Waals surface area contributed by atoms with Crippen LogP contribution < -0.4 is 0 Å². The molecule has 0 aromatic carbocycles. The van der Waals surface area contributed by atoms with Gasteiger partial charge in [-0.15, -0.1) is 0 Å². The lowest BCUT2D eigenvalue weighted by Gasteiger charge is -2.39. The predicted octanol–water partition coefficient (Wildman–Crippen LogP) is 6.92. The van der Waals surface area contributed by atoms with E-state index in [0.29, 0.717) is 11.5 Å². The van der Waals surface area contributed by atoms with Crippen molar-refractivity contribution in [1.82, 2.24) is 0 Å². The monoisotopic (exact) mass is 480 g/mol. The zero-order chi connectivity index (χ0) is 24.9. The summed E-state index contributed by atoms with van der Waals surface area (Å²) in [6.45, 7) is 10.8. The van der Waals surface area contributed by atoms with E-state index in [2.05, 4.69) is 25.0 Å². The number of carbonyl (C=O) groups excluding carboxylic acids is 2. The molecule has 1 unspecified atom stereocenters. The first-order valence-corrected chi connectivity index (χ1v) is 13.3. The number of ether oxygens (including phenoxy) is 2. The molecule has 2 fully saturated rings. The van der Waals surface area contributed by atoms with Crippen molar-refractivity contribution in [2.45, 2.75) is 90.9 Å². The molecule has 194 valence electrons. The quantitative estimate of drug-likeness (QED) is 0.153. The van der Waals surface area contributed by atoms with E-state index >= 15 is 0 Å². The highest BCUT2D eigenvalue weighted by Crippen LogP contribution is 2.43. The molecule has 2 saturated carbocycles. The van der Waals surface area contributed by atoms with Crippen molar-refractivity contribution in [1.29, 1.82) is 0 Å². The summed E-state index contributed by atoms with van der Waals surface area (Å²) >= 11 is 0. The molecule has 0 bridgehead atoms. The molecule has 2 aliphatic carbocycles. The van der Waals surface area contributed by atoms with Crippen LogP contribution in [0.4, 0.5) is 4.53 Å². The average Bonchev–Trinajstić information content (AvgIpc) is 2.84. The van der Waals surface area contributed by atoms with E-state index in [-0.39, 0.29) is 24.7 Å². The first kappa shape index (κ1) is 28.5. The van der Waals surface area contributed by atoms with E-state index in [9.17, 15) is 14.1 Å². The molecule has 0 amide bonds. The molecule has 0 N–H and O–H groups in total. The minimum atomic E-state index is -0.682. The van der Waals surface area contributed by atoms with Gasteiger partial charge in [0.1, 0.15) is 6.61 Å². The van der Waals surface area contributed by atoms with Gasteiger partial charge in [0.25, 0.3) is 0 Å². The third-order valence-corrected chi connectivity index (χ3v) is 7.98. The number of esters is 2. The Morgan fingerprint density at radius 1 is 0.882 bits per heavy atom. The highest BCUT2D eigenvalue weighted by atomic mass is 19.3. The van der Waals surface area contributed by atoms with Crippen LogP contribution in [0.3, 0.4) is 0 Å². The van der Waals surface area contributed by atoms with E-state index in [1.54, 1.807) is 6.92 Å². The Morgan fingerprint density at radius 3 is 1.97 bits per heavy atom. The topological polar surface area (TPSA) is 61.8 Å². The van der Waals surface area contributed by atoms with E-state index < -0.39 is 18.5 Å². The fourth-order valence-corrected chi connectivity index (χ4v) is 5.75. The first-order chi connectivity index (χ1) is 16.3. The maximum absolute atomic E-state index is 12.0. The summed E-state index contributed by atoms with van der Waals surface area (Å²) in [6.07, 6.45) is 15.4. The van der Waals surface area contributed by atoms with Gasteiger partial charge in [-0.1, -0.05) is 58.6 Å². The average molecular weight is 481 g/mol. The zero-order valence-corrected chi connectivity index (χ0v) is 21.3. The summed E-state index contributed by atoms with van der Waals surface area (Å²) in [5.74, 6) is 1.65. The van der Waals surface area contributed by atoms with Gasteiger partial charge in [0.15, 0.2) is 0 Å². The lowest BCUT2D eigenvalue weighted by atomic mass is 9.67. The van der Waals surface area contributed by atoms with Gasteiger partial charge in [0.2, 0.25) is 0 Å². The molecule has 0 radical (unpaired) electrons. The molecule has 0 heterocycles. The molecule has 0 saturated heterocycles. The molecule has 2 rings (SSSR count). The SMILES string of the molecule is C=C(C)C(=O)OCC(COC(=O)C(=C)COF)C1CCC(C2CCC(CCCCC)CC2)CC1. The number of rotatable bonds is 14. The summed E-state index contributed by atoms with van der Waals surface area (Å²) in [5, 5.41) is 0. The number of hydrogen-bond donors (Lipinski definition) is 0. The fraction of sp³-hybridized carbons (Fsp3) is 0.786. The molecule has 0 aliphatic heterocycles. The van der Waals surface area contributed by atoms with Crippen molar-refractivity contribution in [3.63, 3.8) is 0 Å². The van der Waals surface area contributed by atoms with E-state index in [1.807, 2.05) is 0 Å². The van der Waals surface area contributed by atoms with Gasteiger partial charge in [0, 0.05) is 11.5 Å². The van der Waals surface area contributed by atoms with Crippen molar-refractivity contribution in [3.05, 3.63) is 24.3 Å². The van der Waals surface area contributed by atoms with Crippen molar-refractivity contribution < 1.29 is 28.5 Å². The van der Waals surface area contributed by atoms with Crippen molar-refractivity contribution in [2.24, 2.45) is 29.6 Å². The van der Waals surface area contributed by atoms with Crippen molar-refractivity contribution >= 4 is 11.9 Å². The Bertz CT molecular complexity index is 660. The lowest BCUT2D eigenvalue weighted by molar-refractivity contribution is -0.150. The Labute approximate surface area is 205 Å². The number of unbranched alkanes of at least 4 members (excludes halogenated alkanes) is 2. The highest BCUT2D eigenvalue weighted by Gasteiger charge is 2.34. The smallest absolute Gasteiger partial charge is 0.335 e. The van der Waals surface area contributed by atoms with Gasteiger partial charge in [-0.2, -0.15) is 4.94 Å². The standard InChI is InChI=1S/C28H45FO5/c1-5-6-7-8-22-9-11-23(12-10-22)24-13-15-25(16-14-24)26(18-32-27(30)20(2)3)19-33-28(31)21(4)17-34-29/h22-26H,2,4-19H2,1,3H3. The minimum Gasteiger partial charge on any atom is -0.462 e. The number of hydrogen-bond acceptors (Lipinski definition) is 5. The second-order valence-corrected chi connectivity index (χ2v) is 10.5. The molecule has 0 aromatic heterocycles. The Balaban J connectivity index is 1.83. The van der Waals surface area contributed by atoms with Crippen LogP contribution in [0.5, 0.6) is 0 Å². The lowest BCUT2D eigenvalue weighted by Crippen LogP contribution is -2.33. The largest absolute Gasteiger partial charge is 0.462 e. The second-order valence-electron chi connectivity index (χ2n) is 10.5. The van der Waals surface area contributed by atoms with Crippen LogP contribution >= 0.6 is 0 Å². The van der Waals surface area contributed by atoms with Crippen molar-refractivity contribution in [2.75, 3.05) is 19.8 Å².